The molecule has 1 atom stereocenters. The summed E-state index contributed by atoms with van der Waals surface area (Å²) >= 11 is 1.44. The van der Waals surface area contributed by atoms with Crippen LogP contribution in [0.2, 0.25) is 0 Å². The molecule has 110 valence electrons. The van der Waals surface area contributed by atoms with Crippen LogP contribution in [0.4, 0.5) is 0 Å². The predicted octanol–water partition coefficient (Wildman–Crippen LogP) is 1.44. The maximum absolute atomic E-state index is 12.1. The van der Waals surface area contributed by atoms with Crippen molar-refractivity contribution in [3.8, 4) is 0 Å². The summed E-state index contributed by atoms with van der Waals surface area (Å²) in [5, 5.41) is 1.92. The van der Waals surface area contributed by atoms with Crippen molar-refractivity contribution in [2.45, 2.75) is 12.6 Å². The van der Waals surface area contributed by atoms with Gasteiger partial charge in [-0.15, -0.1) is 11.3 Å². The Morgan fingerprint density at radius 2 is 2.19 bits per heavy atom. The van der Waals surface area contributed by atoms with Crippen molar-refractivity contribution >= 4 is 17.2 Å². The number of carbonyl (C=O) groups is 1. The van der Waals surface area contributed by atoms with E-state index >= 15 is 0 Å². The van der Waals surface area contributed by atoms with Crippen molar-refractivity contribution in [1.29, 1.82) is 0 Å². The Kier molecular flexibility index (Phi) is 4.59. The molecule has 0 spiro atoms. The maximum Gasteiger partial charge on any atom is 0.279 e. The number of amides is 1. The van der Waals surface area contributed by atoms with Gasteiger partial charge in [-0.05, 0) is 5.56 Å². The van der Waals surface area contributed by atoms with Crippen molar-refractivity contribution in [2.24, 2.45) is 4.99 Å². The molecule has 21 heavy (non-hydrogen) atoms. The van der Waals surface area contributed by atoms with E-state index in [2.05, 4.69) is 4.99 Å². The molecule has 6 heteroatoms. The minimum Gasteiger partial charge on any atom is -0.376 e. The van der Waals surface area contributed by atoms with Gasteiger partial charge in [0.1, 0.15) is 0 Å². The highest BCUT2D eigenvalue weighted by Crippen LogP contribution is 2.04. The van der Waals surface area contributed by atoms with Crippen molar-refractivity contribution < 1.29 is 14.3 Å². The van der Waals surface area contributed by atoms with Gasteiger partial charge in [0.2, 0.25) is 0 Å². The lowest BCUT2D eigenvalue weighted by Gasteiger charge is -2.19. The minimum absolute atomic E-state index is 0.279. The minimum atomic E-state index is -0.578. The highest BCUT2D eigenvalue weighted by Gasteiger charge is 2.22. The van der Waals surface area contributed by atoms with E-state index in [1.54, 1.807) is 0 Å². The van der Waals surface area contributed by atoms with Gasteiger partial charge in [-0.1, -0.05) is 30.3 Å². The monoisotopic (exact) mass is 304 g/mol. The van der Waals surface area contributed by atoms with Gasteiger partial charge in [0.25, 0.3) is 5.91 Å². The summed E-state index contributed by atoms with van der Waals surface area (Å²) in [4.78, 5) is 16.9. The normalized spacial score (nSPS) is 19.6. The molecule has 1 aliphatic rings. The number of nitrogens with zero attached hydrogens (tertiary/aromatic N) is 2. The van der Waals surface area contributed by atoms with Crippen LogP contribution in [0.25, 0.3) is 0 Å². The summed E-state index contributed by atoms with van der Waals surface area (Å²) in [6.07, 6.45) is 1.35. The van der Waals surface area contributed by atoms with Crippen LogP contribution in [-0.2, 0) is 20.8 Å². The fourth-order valence-corrected chi connectivity index (χ4v) is 2.82. The van der Waals surface area contributed by atoms with E-state index in [0.29, 0.717) is 24.6 Å². The van der Waals surface area contributed by atoms with Crippen LogP contribution in [-0.4, -0.2) is 36.4 Å². The number of carbonyl (C=O) groups excluding carboxylic acids is 1. The lowest BCUT2D eigenvalue weighted by molar-refractivity contribution is -0.144. The Morgan fingerprint density at radius 1 is 1.33 bits per heavy atom. The molecule has 2 aromatic rings. The fraction of sp³-hybridized carbons (Fsp3) is 0.333. The van der Waals surface area contributed by atoms with E-state index in [9.17, 15) is 4.79 Å². The molecule has 1 amide bonds. The number of benzene rings is 1. The molecular formula is C15H16N2O3S. The van der Waals surface area contributed by atoms with Crippen molar-refractivity contribution in [3.05, 3.63) is 52.3 Å². The second-order valence-electron chi connectivity index (χ2n) is 4.68. The molecule has 0 radical (unpaired) electrons. The van der Waals surface area contributed by atoms with E-state index in [1.807, 2.05) is 46.5 Å². The largest absolute Gasteiger partial charge is 0.376 e. The molecule has 1 aromatic carbocycles. The second-order valence-corrected chi connectivity index (χ2v) is 5.56. The first-order chi connectivity index (χ1) is 10.3. The molecule has 5 nitrogen and oxygen atoms in total. The molecule has 3 rings (SSSR count). The Morgan fingerprint density at radius 3 is 2.95 bits per heavy atom. The molecule has 1 saturated heterocycles. The van der Waals surface area contributed by atoms with E-state index in [-0.39, 0.29) is 12.5 Å². The summed E-state index contributed by atoms with van der Waals surface area (Å²) in [6, 6.07) is 10.1. The van der Waals surface area contributed by atoms with Crippen molar-refractivity contribution in [1.82, 2.24) is 4.57 Å². The fourth-order valence-electron chi connectivity index (χ4n) is 2.08. The molecule has 0 saturated carbocycles. The zero-order chi connectivity index (χ0) is 14.5. The van der Waals surface area contributed by atoms with Crippen LogP contribution in [0.1, 0.15) is 5.56 Å². The van der Waals surface area contributed by atoms with Crippen molar-refractivity contribution in [2.75, 3.05) is 19.8 Å². The number of ether oxygens (including phenoxy) is 2. The van der Waals surface area contributed by atoms with Crippen LogP contribution in [0, 0.1) is 0 Å². The van der Waals surface area contributed by atoms with E-state index in [0.717, 1.165) is 0 Å². The predicted molar refractivity (Wildman–Crippen MR) is 79.0 cm³/mol. The molecule has 2 heterocycles. The summed E-state index contributed by atoms with van der Waals surface area (Å²) < 4.78 is 12.6. The standard InChI is InChI=1S/C15H16N2O3S/c18-14(13-11-19-7-8-20-13)16-15-17(6-9-21-15)10-12-4-2-1-3-5-12/h1-6,9,13H,7-8,10-11H2. The maximum atomic E-state index is 12.1. The average molecular weight is 304 g/mol. The summed E-state index contributed by atoms with van der Waals surface area (Å²) in [6.45, 7) is 1.96. The lowest BCUT2D eigenvalue weighted by atomic mass is 10.2. The van der Waals surface area contributed by atoms with Gasteiger partial charge in [-0.2, -0.15) is 4.99 Å². The number of thiazole rings is 1. The van der Waals surface area contributed by atoms with Crippen LogP contribution in [0.15, 0.2) is 46.9 Å². The Labute approximate surface area is 126 Å². The van der Waals surface area contributed by atoms with Crippen LogP contribution >= 0.6 is 11.3 Å². The third kappa shape index (κ3) is 3.66. The summed E-state index contributed by atoms with van der Waals surface area (Å²) in [7, 11) is 0. The third-order valence-corrected chi connectivity index (χ3v) is 3.95. The zero-order valence-electron chi connectivity index (χ0n) is 11.5. The van der Waals surface area contributed by atoms with Crippen LogP contribution in [0.5, 0.6) is 0 Å². The smallest absolute Gasteiger partial charge is 0.279 e. The van der Waals surface area contributed by atoms with E-state index in [4.69, 9.17) is 9.47 Å². The Bertz CT molecular complexity index is 657. The third-order valence-electron chi connectivity index (χ3n) is 3.15. The molecule has 1 aliphatic heterocycles. The quantitative estimate of drug-likeness (QED) is 0.862. The molecule has 0 N–H and O–H groups in total. The number of hydrogen-bond donors (Lipinski definition) is 0. The SMILES string of the molecule is O=C(N=c1sccn1Cc1ccccc1)C1COCCO1. The average Bonchev–Trinajstić information content (AvgIpc) is 2.96. The highest BCUT2D eigenvalue weighted by molar-refractivity contribution is 7.07. The van der Waals surface area contributed by atoms with Gasteiger partial charge < -0.3 is 14.0 Å². The summed E-state index contributed by atoms with van der Waals surface area (Å²) in [5.74, 6) is -0.279. The topological polar surface area (TPSA) is 52.8 Å². The molecule has 0 aliphatic carbocycles. The summed E-state index contributed by atoms with van der Waals surface area (Å²) in [5.41, 5.74) is 1.17. The molecule has 1 unspecified atom stereocenters. The van der Waals surface area contributed by atoms with Gasteiger partial charge in [0.15, 0.2) is 10.9 Å². The van der Waals surface area contributed by atoms with E-state index in [1.165, 1.54) is 16.9 Å². The molecule has 1 fully saturated rings. The van der Waals surface area contributed by atoms with Crippen LogP contribution < -0.4 is 4.80 Å². The van der Waals surface area contributed by atoms with Gasteiger partial charge in [0.05, 0.1) is 19.8 Å². The molecule has 1 aromatic heterocycles. The van der Waals surface area contributed by atoms with E-state index < -0.39 is 6.10 Å². The first-order valence-corrected chi connectivity index (χ1v) is 7.67. The molecular weight excluding hydrogens is 288 g/mol. The van der Waals surface area contributed by atoms with Crippen molar-refractivity contribution in [3.63, 3.8) is 0 Å². The Balaban J connectivity index is 1.78. The van der Waals surface area contributed by atoms with Gasteiger partial charge in [0, 0.05) is 18.1 Å². The van der Waals surface area contributed by atoms with Crippen LogP contribution in [0.3, 0.4) is 0 Å². The highest BCUT2D eigenvalue weighted by atomic mass is 32.1. The number of hydrogen-bond acceptors (Lipinski definition) is 4. The van der Waals surface area contributed by atoms with Gasteiger partial charge in [-0.3, -0.25) is 4.79 Å². The number of rotatable bonds is 3. The first kappa shape index (κ1) is 14.2. The molecule has 0 bridgehead atoms. The number of aromatic nitrogens is 1. The van der Waals surface area contributed by atoms with Gasteiger partial charge >= 0.3 is 0 Å². The Hall–Kier alpha value is -1.76. The lowest BCUT2D eigenvalue weighted by Crippen LogP contribution is -2.35. The first-order valence-electron chi connectivity index (χ1n) is 6.79. The zero-order valence-corrected chi connectivity index (χ0v) is 12.3. The van der Waals surface area contributed by atoms with Gasteiger partial charge in [-0.25, -0.2) is 0 Å². The second kappa shape index (κ2) is 6.80.